The van der Waals surface area contributed by atoms with Gasteiger partial charge in [-0.3, -0.25) is 4.18 Å². The van der Waals surface area contributed by atoms with Gasteiger partial charge in [0.1, 0.15) is 24.6 Å². The average molecular weight is 388 g/mol. The summed E-state index contributed by atoms with van der Waals surface area (Å²) in [4.78, 5) is 7.86. The average Bonchev–Trinajstić information content (AvgIpc) is 3.10. The Balaban J connectivity index is 1.51. The quantitative estimate of drug-likeness (QED) is 0.676. The maximum absolute atomic E-state index is 12.4. The number of hydrogen-bond donors (Lipinski definition) is 1. The predicted octanol–water partition coefficient (Wildman–Crippen LogP) is 2.98. The minimum Gasteiger partial charge on any atom is -0.486 e. The molecule has 1 aromatic heterocycles. The van der Waals surface area contributed by atoms with Crippen LogP contribution in [0.25, 0.3) is 11.0 Å². The second-order valence-electron chi connectivity index (χ2n) is 6.43. The fourth-order valence-electron chi connectivity index (χ4n) is 2.88. The molecule has 1 atom stereocenters. The van der Waals surface area contributed by atoms with Crippen molar-refractivity contribution in [3.05, 3.63) is 47.8 Å². The highest BCUT2D eigenvalue weighted by Crippen LogP contribution is 2.38. The number of rotatable bonds is 5. The summed E-state index contributed by atoms with van der Waals surface area (Å²) in [5, 5.41) is 0. The van der Waals surface area contributed by atoms with E-state index in [2.05, 4.69) is 9.97 Å². The summed E-state index contributed by atoms with van der Waals surface area (Å²) in [5.41, 5.74) is 2.50. The first kappa shape index (κ1) is 17.8. The van der Waals surface area contributed by atoms with Gasteiger partial charge in [-0.15, -0.1) is 0 Å². The van der Waals surface area contributed by atoms with Gasteiger partial charge in [0.2, 0.25) is 0 Å². The summed E-state index contributed by atoms with van der Waals surface area (Å²) in [6.07, 6.45) is 0.219. The lowest BCUT2D eigenvalue weighted by Gasteiger charge is -2.26. The van der Waals surface area contributed by atoms with Crippen molar-refractivity contribution in [2.45, 2.75) is 31.3 Å². The predicted molar refractivity (Wildman–Crippen MR) is 99.7 cm³/mol. The number of aromatic amines is 1. The molecule has 8 heteroatoms. The lowest BCUT2D eigenvalue weighted by molar-refractivity contribution is 0.0569. The monoisotopic (exact) mass is 388 g/mol. The zero-order valence-electron chi connectivity index (χ0n) is 15.1. The van der Waals surface area contributed by atoms with E-state index in [1.165, 1.54) is 12.1 Å². The van der Waals surface area contributed by atoms with Crippen LogP contribution in [0.1, 0.15) is 18.3 Å². The molecule has 27 heavy (non-hydrogen) atoms. The van der Waals surface area contributed by atoms with E-state index in [0.717, 1.165) is 23.3 Å². The Hall–Kier alpha value is -2.58. The summed E-state index contributed by atoms with van der Waals surface area (Å²) >= 11 is 0. The largest absolute Gasteiger partial charge is 0.486 e. The van der Waals surface area contributed by atoms with Crippen molar-refractivity contribution in [1.29, 1.82) is 0 Å². The molecule has 0 saturated heterocycles. The van der Waals surface area contributed by atoms with Crippen LogP contribution in [0.2, 0.25) is 0 Å². The molecule has 0 radical (unpaired) electrons. The number of nitrogens with one attached hydrogen (secondary N) is 1. The molecule has 0 bridgehead atoms. The minimum atomic E-state index is -3.85. The number of nitrogens with zero attached hydrogens (tertiary/aromatic N) is 1. The van der Waals surface area contributed by atoms with Crippen molar-refractivity contribution in [1.82, 2.24) is 9.97 Å². The van der Waals surface area contributed by atoms with Crippen LogP contribution in [0.4, 0.5) is 0 Å². The van der Waals surface area contributed by atoms with E-state index in [-0.39, 0.29) is 18.1 Å². The highest BCUT2D eigenvalue weighted by molar-refractivity contribution is 7.86. The number of aromatic nitrogens is 2. The Labute approximate surface area is 157 Å². The number of ether oxygens (including phenoxy) is 2. The van der Waals surface area contributed by atoms with Gasteiger partial charge < -0.3 is 14.5 Å². The third-order valence-corrected chi connectivity index (χ3v) is 5.68. The lowest BCUT2D eigenvalue weighted by Crippen LogP contribution is -2.34. The van der Waals surface area contributed by atoms with Crippen molar-refractivity contribution >= 4 is 21.2 Å². The molecule has 0 spiro atoms. The molecule has 0 saturated carbocycles. The van der Waals surface area contributed by atoms with E-state index in [1.807, 2.05) is 26.0 Å². The first-order valence-electron chi connectivity index (χ1n) is 8.73. The molecule has 1 aliphatic heterocycles. The van der Waals surface area contributed by atoms with Gasteiger partial charge in [-0.25, -0.2) is 4.98 Å². The molecule has 0 amide bonds. The molecule has 142 valence electrons. The Bertz CT molecular complexity index is 1070. The summed E-state index contributed by atoms with van der Waals surface area (Å²) < 4.78 is 41.6. The van der Waals surface area contributed by atoms with E-state index >= 15 is 0 Å². The third-order valence-electron chi connectivity index (χ3n) is 4.38. The molecule has 2 aromatic carbocycles. The molecule has 0 fully saturated rings. The minimum absolute atomic E-state index is 0.118. The first-order chi connectivity index (χ1) is 13.0. The molecule has 7 nitrogen and oxygen atoms in total. The molecule has 3 aromatic rings. The van der Waals surface area contributed by atoms with E-state index < -0.39 is 16.2 Å². The summed E-state index contributed by atoms with van der Waals surface area (Å²) in [6.45, 7) is 3.96. The van der Waals surface area contributed by atoms with Gasteiger partial charge >= 0.3 is 0 Å². The van der Waals surface area contributed by atoms with Crippen molar-refractivity contribution in [2.24, 2.45) is 0 Å². The van der Waals surface area contributed by atoms with Crippen molar-refractivity contribution in [2.75, 3.05) is 13.2 Å². The van der Waals surface area contributed by atoms with Crippen LogP contribution in [0.5, 0.6) is 11.5 Å². The maximum Gasteiger partial charge on any atom is 0.297 e. The molecule has 1 aliphatic rings. The normalized spacial score (nSPS) is 16.6. The van der Waals surface area contributed by atoms with Crippen molar-refractivity contribution in [3.63, 3.8) is 0 Å². The summed E-state index contributed by atoms with van der Waals surface area (Å²) in [6, 6.07) is 10.2. The Morgan fingerprint density at radius 1 is 1.22 bits per heavy atom. The highest BCUT2D eigenvalue weighted by atomic mass is 32.2. The van der Waals surface area contributed by atoms with Crippen LogP contribution in [0.3, 0.4) is 0 Å². The van der Waals surface area contributed by atoms with Crippen molar-refractivity contribution in [3.8, 4) is 11.5 Å². The van der Waals surface area contributed by atoms with E-state index in [0.29, 0.717) is 17.0 Å². The number of aryl methyl sites for hydroxylation is 2. The zero-order chi connectivity index (χ0) is 19.0. The Morgan fingerprint density at radius 3 is 2.74 bits per heavy atom. The maximum atomic E-state index is 12.4. The van der Waals surface area contributed by atoms with Crippen LogP contribution < -0.4 is 9.47 Å². The molecule has 1 N–H and O–H groups in total. The summed E-state index contributed by atoms with van der Waals surface area (Å²) in [5.74, 6) is 1.95. The van der Waals surface area contributed by atoms with Gasteiger partial charge in [0.05, 0.1) is 10.4 Å². The van der Waals surface area contributed by atoms with Gasteiger partial charge in [0.15, 0.2) is 17.6 Å². The molecule has 2 heterocycles. The Morgan fingerprint density at radius 2 is 2.00 bits per heavy atom. The van der Waals surface area contributed by atoms with Gasteiger partial charge in [0, 0.05) is 6.42 Å². The van der Waals surface area contributed by atoms with E-state index in [1.54, 1.807) is 12.1 Å². The van der Waals surface area contributed by atoms with E-state index in [9.17, 15) is 8.42 Å². The fourth-order valence-corrected chi connectivity index (χ4v) is 3.82. The number of benzene rings is 2. The van der Waals surface area contributed by atoms with Crippen LogP contribution in [0, 0.1) is 6.92 Å². The molecule has 0 aliphatic carbocycles. The van der Waals surface area contributed by atoms with Crippen LogP contribution in [-0.2, 0) is 20.7 Å². The van der Waals surface area contributed by atoms with Crippen molar-refractivity contribution < 1.29 is 22.1 Å². The molecular formula is C19H20N2O5S. The second kappa shape index (κ2) is 6.86. The van der Waals surface area contributed by atoms with E-state index in [4.69, 9.17) is 13.7 Å². The number of H-pyrrole nitrogens is 1. The molecule has 4 rings (SSSR count). The van der Waals surface area contributed by atoms with Crippen LogP contribution in [0.15, 0.2) is 41.3 Å². The SMILES string of the molecule is CCc1nc2c3c(ccc2[nH]1)OC[C@H](COS(=O)(=O)c1ccc(C)cc1)O3. The molecular weight excluding hydrogens is 368 g/mol. The topological polar surface area (TPSA) is 90.5 Å². The number of fused-ring (bicyclic) bond motifs is 3. The zero-order valence-corrected chi connectivity index (χ0v) is 15.9. The number of imidazole rings is 1. The smallest absolute Gasteiger partial charge is 0.297 e. The van der Waals surface area contributed by atoms with Crippen LogP contribution in [-0.4, -0.2) is 37.7 Å². The standard InChI is InChI=1S/C19H20N2O5S/c1-3-17-20-15-8-9-16-19(18(15)21-17)26-13(10-24-16)11-25-27(22,23)14-6-4-12(2)5-7-14/h4-9,13H,3,10-11H2,1-2H3,(H,20,21)/t13-/m1/s1. The van der Waals surface area contributed by atoms with Gasteiger partial charge in [-0.1, -0.05) is 24.6 Å². The highest BCUT2D eigenvalue weighted by Gasteiger charge is 2.27. The molecule has 0 unspecified atom stereocenters. The fraction of sp³-hybridized carbons (Fsp3) is 0.316. The van der Waals surface area contributed by atoms with Gasteiger partial charge in [-0.2, -0.15) is 8.42 Å². The summed E-state index contributed by atoms with van der Waals surface area (Å²) in [7, 11) is -3.85. The Kier molecular flexibility index (Phi) is 4.53. The third kappa shape index (κ3) is 3.50. The number of hydrogen-bond acceptors (Lipinski definition) is 6. The first-order valence-corrected chi connectivity index (χ1v) is 10.1. The van der Waals surface area contributed by atoms with Crippen LogP contribution >= 0.6 is 0 Å². The van der Waals surface area contributed by atoms with Gasteiger partial charge in [-0.05, 0) is 31.2 Å². The second-order valence-corrected chi connectivity index (χ2v) is 8.04. The lowest BCUT2D eigenvalue weighted by atomic mass is 10.2. The van der Waals surface area contributed by atoms with Gasteiger partial charge in [0.25, 0.3) is 10.1 Å².